The molecule has 0 saturated heterocycles. The lowest BCUT2D eigenvalue weighted by atomic mass is 10.1. The van der Waals surface area contributed by atoms with Crippen molar-refractivity contribution < 1.29 is 9.53 Å². The predicted molar refractivity (Wildman–Crippen MR) is 110 cm³/mol. The fourth-order valence-corrected chi connectivity index (χ4v) is 2.49. The summed E-state index contributed by atoms with van der Waals surface area (Å²) in [6.45, 7) is 5.41. The third-order valence-electron chi connectivity index (χ3n) is 4.09. The Kier molecular flexibility index (Phi) is 7.41. The van der Waals surface area contributed by atoms with E-state index in [1.807, 2.05) is 62.4 Å². The average Bonchev–Trinajstić information content (AvgIpc) is 2.66. The van der Waals surface area contributed by atoms with Crippen LogP contribution in [0.15, 0.2) is 48.5 Å². The van der Waals surface area contributed by atoms with Gasteiger partial charge in [-0.15, -0.1) is 0 Å². The van der Waals surface area contributed by atoms with E-state index in [-0.39, 0.29) is 6.03 Å². The number of carbonyl (C=O) groups is 1. The van der Waals surface area contributed by atoms with E-state index in [2.05, 4.69) is 10.6 Å². The molecule has 0 atom stereocenters. The lowest BCUT2D eigenvalue weighted by molar-refractivity contribution is 0.247. The van der Waals surface area contributed by atoms with Gasteiger partial charge in [0.2, 0.25) is 0 Å². The molecule has 0 aromatic heterocycles. The highest BCUT2D eigenvalue weighted by Crippen LogP contribution is 2.20. The van der Waals surface area contributed by atoms with E-state index in [9.17, 15) is 4.79 Å². The number of ether oxygens (including phenoxy) is 1. The van der Waals surface area contributed by atoms with E-state index >= 15 is 0 Å². The summed E-state index contributed by atoms with van der Waals surface area (Å²) in [5.74, 6) is 0.840. The van der Waals surface area contributed by atoms with Crippen molar-refractivity contribution in [1.82, 2.24) is 10.6 Å². The van der Waals surface area contributed by atoms with Gasteiger partial charge in [-0.25, -0.2) is 4.79 Å². The molecule has 0 aliphatic carbocycles. The van der Waals surface area contributed by atoms with Crippen LogP contribution < -0.4 is 20.3 Å². The van der Waals surface area contributed by atoms with Gasteiger partial charge in [0, 0.05) is 25.8 Å². The standard InChI is InChI=1S/C20H25N3O2S/c1-15-8-7-11-18(16(15)2)25-14-19(26)21-12-13-22-20(24)23(3)17-9-5-4-6-10-17/h4-11H,12-14H2,1-3H3,(H,21,26)(H,22,24). The van der Waals surface area contributed by atoms with E-state index in [0.29, 0.717) is 24.7 Å². The van der Waals surface area contributed by atoms with Crippen molar-refractivity contribution >= 4 is 28.9 Å². The number of hydrogen-bond donors (Lipinski definition) is 2. The number of carbonyl (C=O) groups excluding carboxylic acids is 1. The molecule has 2 N–H and O–H groups in total. The number of benzene rings is 2. The maximum atomic E-state index is 12.1. The van der Waals surface area contributed by atoms with E-state index in [0.717, 1.165) is 17.0 Å². The van der Waals surface area contributed by atoms with Gasteiger partial charge in [-0.1, -0.05) is 42.5 Å². The van der Waals surface area contributed by atoms with Gasteiger partial charge in [-0.3, -0.25) is 4.90 Å². The van der Waals surface area contributed by atoms with Crippen molar-refractivity contribution in [1.29, 1.82) is 0 Å². The number of aryl methyl sites for hydroxylation is 1. The molecule has 0 fully saturated rings. The summed E-state index contributed by atoms with van der Waals surface area (Å²) in [5, 5.41) is 5.94. The Bertz CT molecular complexity index is 750. The van der Waals surface area contributed by atoms with Crippen LogP contribution in [0.3, 0.4) is 0 Å². The first-order chi connectivity index (χ1) is 12.5. The van der Waals surface area contributed by atoms with Gasteiger partial charge in [0.15, 0.2) is 0 Å². The lowest BCUT2D eigenvalue weighted by Gasteiger charge is -2.18. The highest BCUT2D eigenvalue weighted by Gasteiger charge is 2.09. The Labute approximate surface area is 160 Å². The van der Waals surface area contributed by atoms with E-state index in [1.54, 1.807) is 11.9 Å². The van der Waals surface area contributed by atoms with Crippen molar-refractivity contribution in [2.45, 2.75) is 13.8 Å². The van der Waals surface area contributed by atoms with E-state index < -0.39 is 0 Å². The first-order valence-electron chi connectivity index (χ1n) is 8.51. The molecule has 2 aromatic carbocycles. The van der Waals surface area contributed by atoms with Crippen LogP contribution in [0, 0.1) is 13.8 Å². The Balaban J connectivity index is 1.67. The van der Waals surface area contributed by atoms with Crippen molar-refractivity contribution in [3.05, 3.63) is 59.7 Å². The molecule has 0 aliphatic heterocycles. The topological polar surface area (TPSA) is 53.6 Å². The van der Waals surface area contributed by atoms with Crippen LogP contribution in [-0.4, -0.2) is 37.8 Å². The molecule has 0 radical (unpaired) electrons. The van der Waals surface area contributed by atoms with Gasteiger partial charge in [0.1, 0.15) is 17.3 Å². The maximum absolute atomic E-state index is 12.1. The number of hydrogen-bond acceptors (Lipinski definition) is 3. The fraction of sp³-hybridized carbons (Fsp3) is 0.300. The third-order valence-corrected chi connectivity index (χ3v) is 4.35. The second-order valence-electron chi connectivity index (χ2n) is 5.96. The van der Waals surface area contributed by atoms with Gasteiger partial charge >= 0.3 is 6.03 Å². The summed E-state index contributed by atoms with van der Waals surface area (Å²) in [6.07, 6.45) is 0. The van der Waals surface area contributed by atoms with Gasteiger partial charge in [0.25, 0.3) is 0 Å². The highest BCUT2D eigenvalue weighted by molar-refractivity contribution is 7.80. The van der Waals surface area contributed by atoms with Gasteiger partial charge < -0.3 is 15.4 Å². The largest absolute Gasteiger partial charge is 0.486 e. The Morgan fingerprint density at radius 3 is 2.46 bits per heavy atom. The summed E-state index contributed by atoms with van der Waals surface area (Å²) >= 11 is 5.28. The summed E-state index contributed by atoms with van der Waals surface area (Å²) in [6, 6.07) is 15.3. The number of nitrogens with zero attached hydrogens (tertiary/aromatic N) is 1. The Morgan fingerprint density at radius 1 is 1.04 bits per heavy atom. The van der Waals surface area contributed by atoms with Gasteiger partial charge in [0.05, 0.1) is 0 Å². The number of para-hydroxylation sites is 1. The van der Waals surface area contributed by atoms with Crippen LogP contribution in [0.5, 0.6) is 5.75 Å². The number of rotatable bonds is 7. The molecule has 2 amide bonds. The second kappa shape index (κ2) is 9.77. The fourth-order valence-electron chi connectivity index (χ4n) is 2.33. The van der Waals surface area contributed by atoms with Crippen molar-refractivity contribution in [2.24, 2.45) is 0 Å². The van der Waals surface area contributed by atoms with Crippen molar-refractivity contribution in [3.63, 3.8) is 0 Å². The number of nitrogens with one attached hydrogen (secondary N) is 2. The molecule has 0 aliphatic rings. The summed E-state index contributed by atoms with van der Waals surface area (Å²) in [4.78, 5) is 14.3. The molecule has 138 valence electrons. The van der Waals surface area contributed by atoms with Crippen molar-refractivity contribution in [2.75, 3.05) is 31.6 Å². The first-order valence-corrected chi connectivity index (χ1v) is 8.92. The molecule has 0 heterocycles. The molecule has 0 spiro atoms. The normalized spacial score (nSPS) is 10.1. The average molecular weight is 372 g/mol. The Morgan fingerprint density at radius 2 is 1.73 bits per heavy atom. The first kappa shape index (κ1) is 19.7. The van der Waals surface area contributed by atoms with Crippen LogP contribution in [0.2, 0.25) is 0 Å². The minimum absolute atomic E-state index is 0.157. The summed E-state index contributed by atoms with van der Waals surface area (Å²) in [5.41, 5.74) is 3.15. The van der Waals surface area contributed by atoms with E-state index in [4.69, 9.17) is 17.0 Å². The molecule has 6 heteroatoms. The van der Waals surface area contributed by atoms with Crippen molar-refractivity contribution in [3.8, 4) is 5.75 Å². The predicted octanol–water partition coefficient (Wildman–Crippen LogP) is 3.45. The van der Waals surface area contributed by atoms with E-state index in [1.165, 1.54) is 5.56 Å². The third kappa shape index (κ3) is 5.74. The van der Waals surface area contributed by atoms with Crippen LogP contribution in [0.4, 0.5) is 10.5 Å². The second-order valence-corrected chi connectivity index (χ2v) is 6.46. The minimum Gasteiger partial charge on any atom is -0.486 e. The number of urea groups is 1. The molecular weight excluding hydrogens is 346 g/mol. The van der Waals surface area contributed by atoms with Gasteiger partial charge in [-0.05, 0) is 43.2 Å². The number of thiocarbonyl (C=S) groups is 1. The Hall–Kier alpha value is -2.60. The smallest absolute Gasteiger partial charge is 0.321 e. The molecule has 0 unspecified atom stereocenters. The molecule has 26 heavy (non-hydrogen) atoms. The minimum atomic E-state index is -0.157. The molecule has 0 bridgehead atoms. The molecule has 0 saturated carbocycles. The highest BCUT2D eigenvalue weighted by atomic mass is 32.1. The lowest BCUT2D eigenvalue weighted by Crippen LogP contribution is -2.41. The van der Waals surface area contributed by atoms with Crippen LogP contribution in [-0.2, 0) is 0 Å². The van der Waals surface area contributed by atoms with Crippen LogP contribution in [0.25, 0.3) is 0 Å². The zero-order valence-corrected chi connectivity index (χ0v) is 16.2. The summed E-state index contributed by atoms with van der Waals surface area (Å²) in [7, 11) is 1.74. The van der Waals surface area contributed by atoms with Crippen LogP contribution in [0.1, 0.15) is 11.1 Å². The molecule has 2 aromatic rings. The van der Waals surface area contributed by atoms with Gasteiger partial charge in [-0.2, -0.15) is 0 Å². The zero-order valence-electron chi connectivity index (χ0n) is 15.4. The molecule has 2 rings (SSSR count). The SMILES string of the molecule is Cc1cccc(OCC(=S)NCCNC(=O)N(C)c2ccccc2)c1C. The quantitative estimate of drug-likeness (QED) is 0.578. The zero-order chi connectivity index (χ0) is 18.9. The maximum Gasteiger partial charge on any atom is 0.321 e. The molecular formula is C20H25N3O2S. The number of amides is 2. The monoisotopic (exact) mass is 371 g/mol. The summed E-state index contributed by atoms with van der Waals surface area (Å²) < 4.78 is 5.75. The van der Waals surface area contributed by atoms with Crippen LogP contribution >= 0.6 is 12.2 Å². The molecule has 5 nitrogen and oxygen atoms in total. The number of anilines is 1.